The predicted molar refractivity (Wildman–Crippen MR) is 59.5 cm³/mol. The number of oxime groups is 1. The Bertz CT molecular complexity index is 382. The minimum atomic E-state index is 0.292. The zero-order chi connectivity index (χ0) is 10.1. The van der Waals surface area contributed by atoms with Crippen molar-refractivity contribution in [3.63, 3.8) is 0 Å². The van der Waals surface area contributed by atoms with Crippen molar-refractivity contribution in [1.29, 1.82) is 0 Å². The van der Waals surface area contributed by atoms with Crippen LogP contribution in [-0.2, 0) is 16.0 Å². The van der Waals surface area contributed by atoms with E-state index < -0.39 is 0 Å². The lowest BCUT2D eigenvalue weighted by Gasteiger charge is -2.12. The van der Waals surface area contributed by atoms with E-state index in [1.165, 1.54) is 23.3 Å². The summed E-state index contributed by atoms with van der Waals surface area (Å²) >= 11 is 1.82. The van der Waals surface area contributed by atoms with E-state index in [0.717, 1.165) is 18.7 Å². The van der Waals surface area contributed by atoms with Gasteiger partial charge in [0.15, 0.2) is 0 Å². The van der Waals surface area contributed by atoms with Crippen molar-refractivity contribution in [2.24, 2.45) is 5.16 Å². The number of fused-ring (bicyclic) bond motifs is 1. The summed E-state index contributed by atoms with van der Waals surface area (Å²) in [6, 6.07) is 2.15. The molecule has 1 aliphatic heterocycles. The van der Waals surface area contributed by atoms with Crippen molar-refractivity contribution in [3.05, 3.63) is 21.9 Å². The first-order valence-electron chi connectivity index (χ1n) is 5.30. The number of hydrogen-bond acceptors (Lipinski definition) is 4. The molecule has 0 N–H and O–H groups in total. The number of nitrogens with zero attached hydrogens (tertiary/aromatic N) is 1. The van der Waals surface area contributed by atoms with Gasteiger partial charge in [-0.15, -0.1) is 11.3 Å². The molecule has 0 bridgehead atoms. The fourth-order valence-corrected chi connectivity index (χ4v) is 2.74. The number of ether oxygens (including phenoxy) is 1. The standard InChI is InChI=1S/C11H13NO2S/c1-2-10(12-14-7-8-6-13-8)9-4-5-15-11(9)3-1/h4-5,8H,1-3,6-7H2/b12-10-. The van der Waals surface area contributed by atoms with Crippen molar-refractivity contribution < 1.29 is 9.57 Å². The van der Waals surface area contributed by atoms with Gasteiger partial charge in [0.05, 0.1) is 12.3 Å². The third-order valence-corrected chi connectivity index (χ3v) is 3.69. The Balaban J connectivity index is 1.70. The van der Waals surface area contributed by atoms with Crippen LogP contribution in [0.3, 0.4) is 0 Å². The van der Waals surface area contributed by atoms with Crippen LogP contribution in [-0.4, -0.2) is 25.0 Å². The van der Waals surface area contributed by atoms with Crippen molar-refractivity contribution in [3.8, 4) is 0 Å². The smallest absolute Gasteiger partial charge is 0.145 e. The van der Waals surface area contributed by atoms with Crippen LogP contribution in [0.25, 0.3) is 0 Å². The first-order valence-corrected chi connectivity index (χ1v) is 6.18. The second kappa shape index (κ2) is 3.94. The molecule has 1 unspecified atom stereocenters. The van der Waals surface area contributed by atoms with Gasteiger partial charge in [0.25, 0.3) is 0 Å². The molecule has 1 aromatic rings. The minimum Gasteiger partial charge on any atom is -0.393 e. The average molecular weight is 223 g/mol. The van der Waals surface area contributed by atoms with Gasteiger partial charge in [-0.05, 0) is 30.7 Å². The molecule has 15 heavy (non-hydrogen) atoms. The zero-order valence-electron chi connectivity index (χ0n) is 8.44. The SMILES string of the molecule is c1cc2c(s1)CCC/C2=N/OCC1CO1. The Morgan fingerprint density at radius 3 is 3.33 bits per heavy atom. The van der Waals surface area contributed by atoms with Gasteiger partial charge in [0, 0.05) is 10.4 Å². The summed E-state index contributed by atoms with van der Waals surface area (Å²) in [5.41, 5.74) is 2.40. The van der Waals surface area contributed by atoms with Gasteiger partial charge in [0.2, 0.25) is 0 Å². The summed E-state index contributed by atoms with van der Waals surface area (Å²) in [4.78, 5) is 6.74. The van der Waals surface area contributed by atoms with Gasteiger partial charge in [-0.2, -0.15) is 0 Å². The molecular formula is C11H13NO2S. The topological polar surface area (TPSA) is 34.1 Å². The Hall–Kier alpha value is -0.870. The van der Waals surface area contributed by atoms with Crippen molar-refractivity contribution in [1.82, 2.24) is 0 Å². The first-order chi connectivity index (χ1) is 7.43. The molecule has 0 aromatic carbocycles. The summed E-state index contributed by atoms with van der Waals surface area (Å²) in [6.45, 7) is 1.43. The van der Waals surface area contributed by atoms with E-state index >= 15 is 0 Å². The molecule has 0 amide bonds. The summed E-state index contributed by atoms with van der Waals surface area (Å²) in [5.74, 6) is 0. The van der Waals surface area contributed by atoms with Crippen LogP contribution >= 0.6 is 11.3 Å². The predicted octanol–water partition coefficient (Wildman–Crippen LogP) is 2.20. The molecular weight excluding hydrogens is 210 g/mol. The van der Waals surface area contributed by atoms with Crippen molar-refractivity contribution in [2.45, 2.75) is 25.4 Å². The Morgan fingerprint density at radius 2 is 2.47 bits per heavy atom. The number of thiophene rings is 1. The Kier molecular flexibility index (Phi) is 2.46. The summed E-state index contributed by atoms with van der Waals surface area (Å²) in [7, 11) is 0. The second-order valence-corrected chi connectivity index (χ2v) is 4.90. The maximum Gasteiger partial charge on any atom is 0.145 e. The molecule has 3 rings (SSSR count). The molecule has 0 saturated carbocycles. The number of hydrogen-bond donors (Lipinski definition) is 0. The van der Waals surface area contributed by atoms with Gasteiger partial charge < -0.3 is 9.57 Å². The van der Waals surface area contributed by atoms with Crippen molar-refractivity contribution in [2.75, 3.05) is 13.2 Å². The first kappa shape index (κ1) is 9.36. The molecule has 1 aromatic heterocycles. The lowest BCUT2D eigenvalue weighted by molar-refractivity contribution is 0.124. The molecule has 1 saturated heterocycles. The van der Waals surface area contributed by atoms with Crippen LogP contribution in [0.4, 0.5) is 0 Å². The van der Waals surface area contributed by atoms with Gasteiger partial charge in [-0.1, -0.05) is 5.16 Å². The minimum absolute atomic E-state index is 0.292. The average Bonchev–Trinajstić information content (AvgIpc) is 2.95. The highest BCUT2D eigenvalue weighted by Crippen LogP contribution is 2.26. The van der Waals surface area contributed by atoms with Gasteiger partial charge in [0.1, 0.15) is 12.7 Å². The molecule has 80 valence electrons. The van der Waals surface area contributed by atoms with E-state index in [9.17, 15) is 0 Å². The fraction of sp³-hybridized carbons (Fsp3) is 0.545. The Morgan fingerprint density at radius 1 is 1.53 bits per heavy atom. The van der Waals surface area contributed by atoms with E-state index in [1.807, 2.05) is 11.3 Å². The molecule has 1 fully saturated rings. The Labute approximate surface area is 92.7 Å². The van der Waals surface area contributed by atoms with E-state index in [1.54, 1.807) is 0 Å². The van der Waals surface area contributed by atoms with Gasteiger partial charge in [-0.25, -0.2) is 0 Å². The highest BCUT2D eigenvalue weighted by molar-refractivity contribution is 7.10. The molecule has 2 heterocycles. The van der Waals surface area contributed by atoms with Gasteiger partial charge >= 0.3 is 0 Å². The van der Waals surface area contributed by atoms with E-state index in [2.05, 4.69) is 16.6 Å². The maximum atomic E-state index is 5.29. The number of aryl methyl sites for hydroxylation is 1. The molecule has 3 nitrogen and oxygen atoms in total. The van der Waals surface area contributed by atoms with Crippen LogP contribution in [0, 0.1) is 0 Å². The van der Waals surface area contributed by atoms with E-state index in [-0.39, 0.29) is 0 Å². The highest BCUT2D eigenvalue weighted by atomic mass is 32.1. The van der Waals surface area contributed by atoms with E-state index in [4.69, 9.17) is 9.57 Å². The second-order valence-electron chi connectivity index (χ2n) is 3.90. The van der Waals surface area contributed by atoms with Crippen LogP contribution in [0.15, 0.2) is 16.6 Å². The lowest BCUT2D eigenvalue weighted by Crippen LogP contribution is -2.10. The molecule has 1 atom stereocenters. The monoisotopic (exact) mass is 223 g/mol. The van der Waals surface area contributed by atoms with Gasteiger partial charge in [-0.3, -0.25) is 0 Å². The normalized spacial score (nSPS) is 26.4. The lowest BCUT2D eigenvalue weighted by atomic mass is 9.97. The number of epoxide rings is 1. The van der Waals surface area contributed by atoms with Crippen LogP contribution in [0.1, 0.15) is 23.3 Å². The third-order valence-electron chi connectivity index (χ3n) is 2.71. The van der Waals surface area contributed by atoms with E-state index in [0.29, 0.717) is 12.7 Å². The fourth-order valence-electron chi connectivity index (χ4n) is 1.80. The third kappa shape index (κ3) is 2.06. The molecule has 2 aliphatic rings. The summed E-state index contributed by atoms with van der Waals surface area (Å²) < 4.78 is 5.06. The van der Waals surface area contributed by atoms with Crippen LogP contribution < -0.4 is 0 Å². The quantitative estimate of drug-likeness (QED) is 0.581. The summed E-state index contributed by atoms with van der Waals surface area (Å²) in [5, 5.41) is 6.35. The summed E-state index contributed by atoms with van der Waals surface area (Å²) in [6.07, 6.45) is 3.71. The van der Waals surface area contributed by atoms with Crippen molar-refractivity contribution >= 4 is 17.0 Å². The highest BCUT2D eigenvalue weighted by Gasteiger charge is 2.23. The molecule has 1 aliphatic carbocycles. The van der Waals surface area contributed by atoms with Crippen LogP contribution in [0.2, 0.25) is 0 Å². The molecule has 4 heteroatoms. The maximum absolute atomic E-state index is 5.29. The number of rotatable bonds is 3. The largest absolute Gasteiger partial charge is 0.393 e. The molecule has 0 radical (unpaired) electrons. The molecule has 0 spiro atoms. The zero-order valence-corrected chi connectivity index (χ0v) is 9.26. The van der Waals surface area contributed by atoms with Crippen LogP contribution in [0.5, 0.6) is 0 Å².